The Hall–Kier alpha value is -1.63. The Morgan fingerprint density at radius 2 is 1.90 bits per heavy atom. The first-order valence-corrected chi connectivity index (χ1v) is 8.27. The molecule has 8 heteroatoms. The van der Waals surface area contributed by atoms with E-state index in [0.29, 0.717) is 5.82 Å². The molecule has 2 heterocycles. The van der Waals surface area contributed by atoms with Gasteiger partial charge in [0, 0.05) is 6.20 Å². The molecule has 0 bridgehead atoms. The fourth-order valence-corrected chi connectivity index (χ4v) is 3.64. The summed E-state index contributed by atoms with van der Waals surface area (Å²) in [6.45, 7) is 0. The zero-order valence-corrected chi connectivity index (χ0v) is 12.8. The van der Waals surface area contributed by atoms with Crippen molar-refractivity contribution in [2.45, 2.75) is 4.90 Å². The summed E-state index contributed by atoms with van der Waals surface area (Å²) in [5.74, 6) is -0.483. The van der Waals surface area contributed by atoms with Gasteiger partial charge < -0.3 is 0 Å². The lowest BCUT2D eigenvalue weighted by Crippen LogP contribution is -2.24. The lowest BCUT2D eigenvalue weighted by atomic mass is 10.4. The monoisotopic (exact) mass is 342 g/mol. The third kappa shape index (κ3) is 2.50. The SMILES string of the molecule is O=C1C(CS(=O)(=O)c2ccc(Cl)c(Cl)c2)=Nc2cccn21. The van der Waals surface area contributed by atoms with Gasteiger partial charge in [-0.3, -0.25) is 9.36 Å². The van der Waals surface area contributed by atoms with Gasteiger partial charge in [-0.05, 0) is 30.3 Å². The molecule has 21 heavy (non-hydrogen) atoms. The predicted octanol–water partition coefficient (Wildman–Crippen LogP) is 3.00. The van der Waals surface area contributed by atoms with E-state index in [-0.39, 0.29) is 20.7 Å². The zero-order chi connectivity index (χ0) is 15.2. The second kappa shape index (κ2) is 4.98. The molecule has 1 aliphatic rings. The maximum atomic E-state index is 12.3. The number of fused-ring (bicyclic) bond motifs is 1. The van der Waals surface area contributed by atoms with E-state index < -0.39 is 21.5 Å². The lowest BCUT2D eigenvalue weighted by Gasteiger charge is -2.05. The number of hydrogen-bond acceptors (Lipinski definition) is 4. The van der Waals surface area contributed by atoms with Crippen molar-refractivity contribution >= 4 is 50.5 Å². The molecule has 0 atom stereocenters. The van der Waals surface area contributed by atoms with Crippen LogP contribution in [-0.2, 0) is 9.84 Å². The molecule has 0 spiro atoms. The van der Waals surface area contributed by atoms with Crippen LogP contribution in [0.2, 0.25) is 10.0 Å². The highest BCUT2D eigenvalue weighted by Crippen LogP contribution is 2.26. The number of rotatable bonds is 3. The largest absolute Gasteiger partial charge is 0.279 e. The highest BCUT2D eigenvalue weighted by Gasteiger charge is 2.29. The Kier molecular flexibility index (Phi) is 3.39. The van der Waals surface area contributed by atoms with Crippen LogP contribution in [0.3, 0.4) is 0 Å². The van der Waals surface area contributed by atoms with Crippen LogP contribution in [0.15, 0.2) is 46.4 Å². The number of nitrogens with zero attached hydrogens (tertiary/aromatic N) is 2. The van der Waals surface area contributed by atoms with Crippen LogP contribution in [-0.4, -0.2) is 30.4 Å². The summed E-state index contributed by atoms with van der Waals surface area (Å²) in [6, 6.07) is 7.32. The van der Waals surface area contributed by atoms with E-state index >= 15 is 0 Å². The third-order valence-electron chi connectivity index (χ3n) is 3.02. The zero-order valence-electron chi connectivity index (χ0n) is 10.5. The summed E-state index contributed by atoms with van der Waals surface area (Å²) >= 11 is 11.6. The molecule has 0 saturated carbocycles. The summed E-state index contributed by atoms with van der Waals surface area (Å²) in [5, 5.41) is 0.407. The predicted molar refractivity (Wildman–Crippen MR) is 80.7 cm³/mol. The van der Waals surface area contributed by atoms with Crippen LogP contribution in [0.1, 0.15) is 4.79 Å². The second-order valence-electron chi connectivity index (χ2n) is 4.44. The van der Waals surface area contributed by atoms with Crippen molar-refractivity contribution in [1.82, 2.24) is 4.57 Å². The van der Waals surface area contributed by atoms with E-state index in [2.05, 4.69) is 4.99 Å². The first-order chi connectivity index (χ1) is 9.88. The molecule has 0 N–H and O–H groups in total. The number of sulfone groups is 1. The van der Waals surface area contributed by atoms with E-state index in [1.165, 1.54) is 22.8 Å². The van der Waals surface area contributed by atoms with E-state index in [1.807, 2.05) is 0 Å². The molecule has 0 fully saturated rings. The number of carbonyl (C=O) groups is 1. The molecule has 3 rings (SSSR count). The van der Waals surface area contributed by atoms with Crippen molar-refractivity contribution in [1.29, 1.82) is 0 Å². The summed E-state index contributed by atoms with van der Waals surface area (Å²) < 4.78 is 26.0. The maximum absolute atomic E-state index is 12.3. The third-order valence-corrected chi connectivity index (χ3v) is 5.38. The van der Waals surface area contributed by atoms with Crippen molar-refractivity contribution in [3.63, 3.8) is 0 Å². The van der Waals surface area contributed by atoms with Gasteiger partial charge in [-0.2, -0.15) is 0 Å². The van der Waals surface area contributed by atoms with Crippen molar-refractivity contribution in [2.75, 3.05) is 5.75 Å². The van der Waals surface area contributed by atoms with Gasteiger partial charge in [0.15, 0.2) is 9.84 Å². The molecular weight excluding hydrogens is 335 g/mol. The van der Waals surface area contributed by atoms with Crippen molar-refractivity contribution in [3.8, 4) is 0 Å². The number of hydrogen-bond donors (Lipinski definition) is 0. The molecule has 0 unspecified atom stereocenters. The first-order valence-electron chi connectivity index (χ1n) is 5.86. The Labute approximate surface area is 130 Å². The van der Waals surface area contributed by atoms with Crippen LogP contribution >= 0.6 is 23.2 Å². The highest BCUT2D eigenvalue weighted by atomic mass is 35.5. The number of aromatic nitrogens is 1. The molecule has 108 valence electrons. The molecule has 2 aromatic rings. The van der Waals surface area contributed by atoms with Gasteiger partial charge in [0.1, 0.15) is 17.3 Å². The minimum Gasteiger partial charge on any atom is -0.267 e. The average molecular weight is 343 g/mol. The van der Waals surface area contributed by atoms with E-state index in [1.54, 1.807) is 18.3 Å². The smallest absolute Gasteiger partial charge is 0.267 e. The fourth-order valence-electron chi connectivity index (χ4n) is 1.99. The van der Waals surface area contributed by atoms with Gasteiger partial charge in [0.05, 0.1) is 14.9 Å². The number of benzene rings is 1. The minimum absolute atomic E-state index is 0.00369. The van der Waals surface area contributed by atoms with E-state index in [9.17, 15) is 13.2 Å². The van der Waals surface area contributed by atoms with Crippen molar-refractivity contribution in [3.05, 3.63) is 46.6 Å². The summed E-state index contributed by atoms with van der Waals surface area (Å²) in [6.07, 6.45) is 1.54. The lowest BCUT2D eigenvalue weighted by molar-refractivity contribution is 0.0997. The molecule has 0 radical (unpaired) electrons. The topological polar surface area (TPSA) is 68.5 Å². The van der Waals surface area contributed by atoms with Gasteiger partial charge in [-0.1, -0.05) is 23.2 Å². The van der Waals surface area contributed by atoms with Gasteiger partial charge in [-0.15, -0.1) is 0 Å². The number of carbonyl (C=O) groups excluding carboxylic acids is 1. The molecule has 1 aromatic carbocycles. The standard InChI is InChI=1S/C13H8Cl2N2O3S/c14-9-4-3-8(6-10(9)15)21(19,20)7-11-13(18)17-5-1-2-12(17)16-11/h1-6H,7H2. The highest BCUT2D eigenvalue weighted by molar-refractivity contribution is 7.92. The van der Waals surface area contributed by atoms with Crippen LogP contribution in [0.25, 0.3) is 0 Å². The van der Waals surface area contributed by atoms with Gasteiger partial charge in [-0.25, -0.2) is 13.4 Å². The quantitative estimate of drug-likeness (QED) is 0.860. The van der Waals surface area contributed by atoms with Gasteiger partial charge in [0.25, 0.3) is 5.91 Å². The van der Waals surface area contributed by atoms with Crippen LogP contribution in [0, 0.1) is 0 Å². The van der Waals surface area contributed by atoms with Gasteiger partial charge in [0.2, 0.25) is 0 Å². The molecule has 0 saturated heterocycles. The minimum atomic E-state index is -3.72. The molecular formula is C13H8Cl2N2O3S. The van der Waals surface area contributed by atoms with Crippen molar-refractivity contribution in [2.24, 2.45) is 4.99 Å². The maximum Gasteiger partial charge on any atom is 0.279 e. The number of aliphatic imine (C=N–C) groups is 1. The average Bonchev–Trinajstić information content (AvgIpc) is 2.97. The normalized spacial score (nSPS) is 14.2. The van der Waals surface area contributed by atoms with E-state index in [0.717, 1.165) is 0 Å². The Morgan fingerprint density at radius 3 is 2.57 bits per heavy atom. The molecule has 0 aliphatic carbocycles. The van der Waals surface area contributed by atoms with Crippen molar-refractivity contribution < 1.29 is 13.2 Å². The van der Waals surface area contributed by atoms with Crippen LogP contribution in [0.5, 0.6) is 0 Å². The summed E-state index contributed by atoms with van der Waals surface area (Å²) in [4.78, 5) is 16.0. The molecule has 0 amide bonds. The Bertz CT molecular complexity index is 885. The van der Waals surface area contributed by atoms with Crippen LogP contribution in [0.4, 0.5) is 5.82 Å². The summed E-state index contributed by atoms with van der Waals surface area (Å²) in [7, 11) is -3.72. The molecule has 1 aliphatic heterocycles. The first kappa shape index (κ1) is 14.3. The Balaban J connectivity index is 1.93. The van der Waals surface area contributed by atoms with Crippen LogP contribution < -0.4 is 0 Å². The summed E-state index contributed by atoms with van der Waals surface area (Å²) in [5.41, 5.74) is -0.0170. The van der Waals surface area contributed by atoms with Gasteiger partial charge >= 0.3 is 0 Å². The second-order valence-corrected chi connectivity index (χ2v) is 7.24. The fraction of sp³-hybridized carbons (Fsp3) is 0.0769. The number of halogens is 2. The van der Waals surface area contributed by atoms with E-state index in [4.69, 9.17) is 23.2 Å². The Morgan fingerprint density at radius 1 is 1.14 bits per heavy atom. The molecule has 1 aromatic heterocycles. The molecule has 5 nitrogen and oxygen atoms in total.